The monoisotopic (exact) mass is 260 g/mol. The number of Topliss-reactive ketones (excluding diaryl/α,β-unsaturated/α-hetero) is 1. The highest BCUT2D eigenvalue weighted by Gasteiger charge is 2.37. The summed E-state index contributed by atoms with van der Waals surface area (Å²) >= 11 is 6.07. The van der Waals surface area contributed by atoms with Crippen molar-refractivity contribution >= 4 is 17.4 Å². The third-order valence-corrected chi connectivity index (χ3v) is 3.58. The van der Waals surface area contributed by atoms with Crippen molar-refractivity contribution in [2.45, 2.75) is 26.2 Å². The van der Waals surface area contributed by atoms with Gasteiger partial charge >= 0.3 is 0 Å². The smallest absolute Gasteiger partial charge is 0.178 e. The number of ketones is 1. The van der Waals surface area contributed by atoms with Gasteiger partial charge in [0.15, 0.2) is 5.78 Å². The number of nitriles is 1. The zero-order valence-electron chi connectivity index (χ0n) is 10.3. The number of allylic oxidation sites excluding steroid dienone is 2. The standard InChI is InChI=1S/C14H13ClN2O/c1-14(2)7-9(6-10(8-16)12(14)18)11-4-3-5-17-13(11)15/h3-6,9H,7H2,1-2H3. The van der Waals surface area contributed by atoms with E-state index < -0.39 is 5.41 Å². The molecule has 0 saturated carbocycles. The molecule has 1 aromatic rings. The van der Waals surface area contributed by atoms with Crippen molar-refractivity contribution in [1.29, 1.82) is 5.26 Å². The minimum absolute atomic E-state index is 0.0338. The first-order valence-electron chi connectivity index (χ1n) is 5.73. The summed E-state index contributed by atoms with van der Waals surface area (Å²) in [5, 5.41) is 9.47. The van der Waals surface area contributed by atoms with E-state index in [0.717, 1.165) is 5.56 Å². The first-order valence-corrected chi connectivity index (χ1v) is 6.10. The number of aromatic nitrogens is 1. The van der Waals surface area contributed by atoms with Crippen LogP contribution in [0.3, 0.4) is 0 Å². The van der Waals surface area contributed by atoms with Crippen molar-refractivity contribution in [2.75, 3.05) is 0 Å². The number of carbonyl (C=O) groups excluding carboxylic acids is 1. The van der Waals surface area contributed by atoms with Gasteiger partial charge in [0.1, 0.15) is 11.2 Å². The normalized spacial score (nSPS) is 22.2. The van der Waals surface area contributed by atoms with Gasteiger partial charge in [0.2, 0.25) is 0 Å². The Morgan fingerprint density at radius 1 is 1.56 bits per heavy atom. The highest BCUT2D eigenvalue weighted by molar-refractivity contribution is 6.30. The summed E-state index contributed by atoms with van der Waals surface area (Å²) in [7, 11) is 0. The predicted octanol–water partition coefficient (Wildman–Crippen LogP) is 3.27. The molecule has 0 spiro atoms. The third kappa shape index (κ3) is 2.16. The molecule has 3 nitrogen and oxygen atoms in total. The van der Waals surface area contributed by atoms with Crippen LogP contribution in [0.1, 0.15) is 31.7 Å². The maximum absolute atomic E-state index is 12.0. The number of hydrogen-bond donors (Lipinski definition) is 0. The zero-order valence-corrected chi connectivity index (χ0v) is 11.0. The molecule has 1 aliphatic carbocycles. The van der Waals surface area contributed by atoms with E-state index in [1.54, 1.807) is 12.3 Å². The number of nitrogens with zero attached hydrogens (tertiary/aromatic N) is 2. The first-order chi connectivity index (χ1) is 8.45. The molecule has 4 heteroatoms. The van der Waals surface area contributed by atoms with Crippen molar-refractivity contribution < 1.29 is 4.79 Å². The molecule has 0 N–H and O–H groups in total. The molecule has 18 heavy (non-hydrogen) atoms. The second-order valence-electron chi connectivity index (χ2n) is 5.10. The predicted molar refractivity (Wildman–Crippen MR) is 69.1 cm³/mol. The van der Waals surface area contributed by atoms with E-state index in [1.807, 2.05) is 32.0 Å². The lowest BCUT2D eigenvalue weighted by Crippen LogP contribution is -2.31. The maximum atomic E-state index is 12.0. The lowest BCUT2D eigenvalue weighted by atomic mass is 9.70. The molecule has 2 rings (SSSR count). The van der Waals surface area contributed by atoms with Gasteiger partial charge in [-0.25, -0.2) is 4.98 Å². The fourth-order valence-corrected chi connectivity index (χ4v) is 2.57. The van der Waals surface area contributed by atoms with E-state index in [2.05, 4.69) is 4.98 Å². The van der Waals surface area contributed by atoms with Crippen molar-refractivity contribution in [3.05, 3.63) is 40.7 Å². The molecule has 1 atom stereocenters. The Hall–Kier alpha value is -1.66. The van der Waals surface area contributed by atoms with Crippen LogP contribution in [0.25, 0.3) is 0 Å². The SMILES string of the molecule is CC1(C)CC(c2cccnc2Cl)C=C(C#N)C1=O. The Morgan fingerprint density at radius 2 is 2.28 bits per heavy atom. The molecule has 0 aliphatic heterocycles. The number of carbonyl (C=O) groups is 1. The summed E-state index contributed by atoms with van der Waals surface area (Å²) < 4.78 is 0. The highest BCUT2D eigenvalue weighted by atomic mass is 35.5. The fraction of sp³-hybridized carbons (Fsp3) is 0.357. The van der Waals surface area contributed by atoms with Gasteiger partial charge in [-0.3, -0.25) is 4.79 Å². The highest BCUT2D eigenvalue weighted by Crippen LogP contribution is 2.41. The van der Waals surface area contributed by atoms with Crippen molar-refractivity contribution in [2.24, 2.45) is 5.41 Å². The van der Waals surface area contributed by atoms with Crippen molar-refractivity contribution in [3.63, 3.8) is 0 Å². The topological polar surface area (TPSA) is 53.8 Å². The van der Waals surface area contributed by atoms with Crippen LogP contribution in [0.15, 0.2) is 30.0 Å². The van der Waals surface area contributed by atoms with E-state index in [1.165, 1.54) is 0 Å². The molecular weight excluding hydrogens is 248 g/mol. The van der Waals surface area contributed by atoms with Crippen LogP contribution in [0, 0.1) is 16.7 Å². The number of pyridine rings is 1. The average molecular weight is 261 g/mol. The number of hydrogen-bond acceptors (Lipinski definition) is 3. The summed E-state index contributed by atoms with van der Waals surface area (Å²) in [4.78, 5) is 16.0. The van der Waals surface area contributed by atoms with Gasteiger partial charge in [-0.1, -0.05) is 37.6 Å². The van der Waals surface area contributed by atoms with Gasteiger partial charge in [0.25, 0.3) is 0 Å². The van der Waals surface area contributed by atoms with Gasteiger partial charge in [0, 0.05) is 17.5 Å². The van der Waals surface area contributed by atoms with E-state index >= 15 is 0 Å². The zero-order chi connectivity index (χ0) is 13.3. The lowest BCUT2D eigenvalue weighted by Gasteiger charge is -2.31. The molecular formula is C14H13ClN2O. The van der Waals surface area contributed by atoms with Crippen LogP contribution < -0.4 is 0 Å². The summed E-state index contributed by atoms with van der Waals surface area (Å²) in [6, 6.07) is 5.67. The quantitative estimate of drug-likeness (QED) is 0.728. The second kappa shape index (κ2) is 4.55. The summed E-state index contributed by atoms with van der Waals surface area (Å²) in [5.74, 6) is -0.130. The van der Waals surface area contributed by atoms with E-state index in [-0.39, 0.29) is 17.3 Å². The molecule has 1 aromatic heterocycles. The van der Waals surface area contributed by atoms with Gasteiger partial charge in [0.05, 0.1) is 5.57 Å². The van der Waals surface area contributed by atoms with Crippen LogP contribution in [-0.2, 0) is 4.79 Å². The van der Waals surface area contributed by atoms with Gasteiger partial charge in [-0.2, -0.15) is 5.26 Å². The Labute approximate surface area is 111 Å². The molecule has 0 bridgehead atoms. The molecule has 0 aromatic carbocycles. The molecule has 0 amide bonds. The summed E-state index contributed by atoms with van der Waals surface area (Å²) in [5.41, 5.74) is 0.549. The second-order valence-corrected chi connectivity index (χ2v) is 5.46. The number of halogens is 1. The molecule has 1 aliphatic rings. The molecule has 92 valence electrons. The lowest BCUT2D eigenvalue weighted by molar-refractivity contribution is -0.123. The summed E-state index contributed by atoms with van der Waals surface area (Å²) in [6.07, 6.45) is 3.97. The largest absolute Gasteiger partial charge is 0.293 e. The average Bonchev–Trinajstić information content (AvgIpc) is 2.33. The van der Waals surface area contributed by atoms with Crippen LogP contribution in [0.4, 0.5) is 0 Å². The van der Waals surface area contributed by atoms with E-state index in [0.29, 0.717) is 11.6 Å². The fourth-order valence-electron chi connectivity index (χ4n) is 2.31. The Morgan fingerprint density at radius 3 is 2.89 bits per heavy atom. The van der Waals surface area contributed by atoms with Crippen LogP contribution in [0.2, 0.25) is 5.15 Å². The molecule has 0 fully saturated rings. The Balaban J connectivity index is 2.48. The molecule has 1 unspecified atom stereocenters. The van der Waals surface area contributed by atoms with E-state index in [9.17, 15) is 4.79 Å². The molecule has 1 heterocycles. The molecule has 0 saturated heterocycles. The summed E-state index contributed by atoms with van der Waals surface area (Å²) in [6.45, 7) is 3.72. The van der Waals surface area contributed by atoms with Gasteiger partial charge in [-0.15, -0.1) is 0 Å². The van der Waals surface area contributed by atoms with Gasteiger partial charge < -0.3 is 0 Å². The Kier molecular flexibility index (Phi) is 3.23. The minimum atomic E-state index is -0.538. The van der Waals surface area contributed by atoms with Crippen LogP contribution in [-0.4, -0.2) is 10.8 Å². The van der Waals surface area contributed by atoms with Crippen LogP contribution in [0.5, 0.6) is 0 Å². The van der Waals surface area contributed by atoms with Crippen LogP contribution >= 0.6 is 11.6 Å². The first kappa shape index (κ1) is 12.8. The van der Waals surface area contributed by atoms with E-state index in [4.69, 9.17) is 16.9 Å². The van der Waals surface area contributed by atoms with Gasteiger partial charge in [-0.05, 0) is 18.1 Å². The Bertz CT molecular complexity index is 569. The number of rotatable bonds is 1. The molecule has 0 radical (unpaired) electrons. The van der Waals surface area contributed by atoms with Crippen molar-refractivity contribution in [1.82, 2.24) is 4.98 Å². The van der Waals surface area contributed by atoms with Crippen molar-refractivity contribution in [3.8, 4) is 6.07 Å². The minimum Gasteiger partial charge on any atom is -0.293 e. The third-order valence-electron chi connectivity index (χ3n) is 3.27. The maximum Gasteiger partial charge on any atom is 0.178 e.